The van der Waals surface area contributed by atoms with Gasteiger partial charge >= 0.3 is 6.03 Å². The number of morpholine rings is 1. The third-order valence-corrected chi connectivity index (χ3v) is 5.00. The van der Waals surface area contributed by atoms with E-state index in [1.807, 2.05) is 22.8 Å². The number of hydrogen-bond acceptors (Lipinski definition) is 6. The molecule has 0 N–H and O–H groups in total. The highest BCUT2D eigenvalue weighted by Crippen LogP contribution is 2.33. The number of urea groups is 1. The first kappa shape index (κ1) is 17.0. The largest absolute Gasteiger partial charge is 0.378 e. The van der Waals surface area contributed by atoms with E-state index in [-0.39, 0.29) is 11.9 Å². The highest BCUT2D eigenvalue weighted by Gasteiger charge is 2.31. The lowest BCUT2D eigenvalue weighted by molar-refractivity contribution is 0.0408. The number of ether oxygens (including phenoxy) is 1. The van der Waals surface area contributed by atoms with Crippen molar-refractivity contribution in [1.82, 2.24) is 24.9 Å². The molecular weight excluding hydrogens is 334 g/mol. The van der Waals surface area contributed by atoms with Gasteiger partial charge in [0.25, 0.3) is 0 Å². The van der Waals surface area contributed by atoms with Crippen molar-refractivity contribution in [2.75, 3.05) is 39.4 Å². The van der Waals surface area contributed by atoms with Gasteiger partial charge in [0, 0.05) is 44.4 Å². The number of nitrogens with zero attached hydrogens (tertiary/aromatic N) is 5. The predicted molar refractivity (Wildman–Crippen MR) is 93.6 cm³/mol. The van der Waals surface area contributed by atoms with Crippen LogP contribution in [0.1, 0.15) is 30.1 Å². The van der Waals surface area contributed by atoms with E-state index in [9.17, 15) is 4.79 Å². The van der Waals surface area contributed by atoms with Crippen molar-refractivity contribution in [3.8, 4) is 11.3 Å². The van der Waals surface area contributed by atoms with E-state index >= 15 is 0 Å². The minimum atomic E-state index is 0.101. The van der Waals surface area contributed by atoms with Crippen molar-refractivity contribution in [3.63, 3.8) is 0 Å². The third-order valence-electron chi connectivity index (χ3n) is 5.00. The number of rotatable bonds is 2. The third kappa shape index (κ3) is 3.41. The molecule has 2 aromatic heterocycles. The first-order chi connectivity index (χ1) is 12.7. The molecule has 8 nitrogen and oxygen atoms in total. The number of hydrogen-bond donors (Lipinski definition) is 0. The molecule has 4 rings (SSSR count). The normalized spacial score (nSPS) is 21.0. The highest BCUT2D eigenvalue weighted by atomic mass is 16.5. The highest BCUT2D eigenvalue weighted by molar-refractivity contribution is 5.75. The molecule has 0 bridgehead atoms. The Morgan fingerprint density at radius 3 is 2.85 bits per heavy atom. The lowest BCUT2D eigenvalue weighted by Crippen LogP contribution is -2.50. The number of likely N-dealkylation sites (tertiary alicyclic amines) is 1. The van der Waals surface area contributed by atoms with E-state index in [2.05, 4.69) is 15.1 Å². The molecule has 26 heavy (non-hydrogen) atoms. The molecule has 0 radical (unpaired) electrons. The summed E-state index contributed by atoms with van der Waals surface area (Å²) < 4.78 is 10.8. The fraction of sp³-hybridized carbons (Fsp3) is 0.556. The average molecular weight is 357 g/mol. The van der Waals surface area contributed by atoms with Crippen LogP contribution < -0.4 is 0 Å². The Morgan fingerprint density at radius 1 is 1.23 bits per heavy atom. The molecule has 4 heterocycles. The van der Waals surface area contributed by atoms with Gasteiger partial charge in [-0.15, -0.1) is 0 Å². The number of amides is 2. The van der Waals surface area contributed by atoms with Crippen molar-refractivity contribution in [2.24, 2.45) is 0 Å². The molecule has 2 aliphatic rings. The summed E-state index contributed by atoms with van der Waals surface area (Å²) in [4.78, 5) is 25.3. The molecule has 0 aliphatic carbocycles. The van der Waals surface area contributed by atoms with Crippen LogP contribution in [0.25, 0.3) is 11.3 Å². The van der Waals surface area contributed by atoms with Crippen molar-refractivity contribution < 1.29 is 14.1 Å². The fourth-order valence-corrected chi connectivity index (χ4v) is 3.67. The van der Waals surface area contributed by atoms with E-state index in [0.717, 1.165) is 36.3 Å². The molecule has 0 aromatic carbocycles. The Balaban J connectivity index is 1.54. The Morgan fingerprint density at radius 2 is 2.08 bits per heavy atom. The standard InChI is InChI=1S/C18H23N5O3/c1-13-9-16(26-21-13)15-10-19-12-20-17(15)14-3-2-4-23(11-14)18(24)22-5-7-25-8-6-22/h9-10,12,14H,2-8,11H2,1H3. The summed E-state index contributed by atoms with van der Waals surface area (Å²) in [7, 11) is 0. The number of aromatic nitrogens is 3. The maximum atomic E-state index is 12.8. The van der Waals surface area contributed by atoms with Crippen molar-refractivity contribution in [3.05, 3.63) is 30.0 Å². The summed E-state index contributed by atoms with van der Waals surface area (Å²) >= 11 is 0. The summed E-state index contributed by atoms with van der Waals surface area (Å²) in [6, 6.07) is 1.99. The average Bonchev–Trinajstić information content (AvgIpc) is 3.14. The van der Waals surface area contributed by atoms with Crippen LogP contribution in [0.3, 0.4) is 0 Å². The quantitative estimate of drug-likeness (QED) is 0.818. The first-order valence-electron chi connectivity index (χ1n) is 9.07. The topological polar surface area (TPSA) is 84.6 Å². The maximum absolute atomic E-state index is 12.8. The van der Waals surface area contributed by atoms with Gasteiger partial charge in [0.15, 0.2) is 5.76 Å². The van der Waals surface area contributed by atoms with Crippen LogP contribution in [0, 0.1) is 6.92 Å². The van der Waals surface area contributed by atoms with E-state index in [1.165, 1.54) is 0 Å². The molecule has 2 amide bonds. The van der Waals surface area contributed by atoms with E-state index < -0.39 is 0 Å². The lowest BCUT2D eigenvalue weighted by Gasteiger charge is -2.37. The van der Waals surface area contributed by atoms with Gasteiger partial charge in [-0.3, -0.25) is 0 Å². The van der Waals surface area contributed by atoms with Gasteiger partial charge in [-0.1, -0.05) is 5.16 Å². The van der Waals surface area contributed by atoms with Crippen LogP contribution in [0.2, 0.25) is 0 Å². The number of aryl methyl sites for hydroxylation is 1. The van der Waals surface area contributed by atoms with Gasteiger partial charge < -0.3 is 19.1 Å². The molecule has 0 spiro atoms. The van der Waals surface area contributed by atoms with Crippen LogP contribution in [-0.2, 0) is 4.74 Å². The maximum Gasteiger partial charge on any atom is 0.320 e. The van der Waals surface area contributed by atoms with Gasteiger partial charge in [-0.05, 0) is 19.8 Å². The van der Waals surface area contributed by atoms with Crippen LogP contribution in [0.5, 0.6) is 0 Å². The Bertz CT molecular complexity index is 772. The number of carbonyl (C=O) groups is 1. The second-order valence-corrected chi connectivity index (χ2v) is 6.82. The molecule has 1 atom stereocenters. The van der Waals surface area contributed by atoms with Gasteiger partial charge in [0.1, 0.15) is 6.33 Å². The number of carbonyl (C=O) groups excluding carboxylic acids is 1. The van der Waals surface area contributed by atoms with Gasteiger partial charge in [0.2, 0.25) is 0 Å². The van der Waals surface area contributed by atoms with E-state index in [4.69, 9.17) is 9.26 Å². The Labute approximate surface area is 152 Å². The first-order valence-corrected chi connectivity index (χ1v) is 9.07. The molecule has 138 valence electrons. The zero-order valence-electron chi connectivity index (χ0n) is 14.9. The molecule has 2 saturated heterocycles. The second-order valence-electron chi connectivity index (χ2n) is 6.82. The van der Waals surface area contributed by atoms with Crippen LogP contribution in [0.4, 0.5) is 4.79 Å². The molecule has 0 saturated carbocycles. The van der Waals surface area contributed by atoms with Gasteiger partial charge in [-0.2, -0.15) is 0 Å². The molecule has 8 heteroatoms. The summed E-state index contributed by atoms with van der Waals surface area (Å²) in [6.45, 7) is 5.89. The SMILES string of the molecule is Cc1cc(-c2cncnc2C2CCCN(C(=O)N3CCOCC3)C2)on1. The Kier molecular flexibility index (Phi) is 4.83. The summed E-state index contributed by atoms with van der Waals surface area (Å²) in [5.74, 6) is 0.840. The summed E-state index contributed by atoms with van der Waals surface area (Å²) in [5.41, 5.74) is 2.61. The minimum Gasteiger partial charge on any atom is -0.378 e. The lowest BCUT2D eigenvalue weighted by atomic mass is 9.91. The monoisotopic (exact) mass is 357 g/mol. The van der Waals surface area contributed by atoms with Gasteiger partial charge in [0.05, 0.1) is 30.2 Å². The van der Waals surface area contributed by atoms with Crippen LogP contribution >= 0.6 is 0 Å². The van der Waals surface area contributed by atoms with E-state index in [0.29, 0.717) is 38.6 Å². The molecule has 2 fully saturated rings. The van der Waals surface area contributed by atoms with E-state index in [1.54, 1.807) is 12.5 Å². The van der Waals surface area contributed by atoms with Crippen molar-refractivity contribution >= 4 is 6.03 Å². The van der Waals surface area contributed by atoms with Gasteiger partial charge in [-0.25, -0.2) is 14.8 Å². The van der Waals surface area contributed by atoms with Crippen molar-refractivity contribution in [2.45, 2.75) is 25.7 Å². The summed E-state index contributed by atoms with van der Waals surface area (Å²) in [6.07, 6.45) is 5.28. The predicted octanol–water partition coefficient (Wildman–Crippen LogP) is 2.07. The smallest absolute Gasteiger partial charge is 0.320 e. The second kappa shape index (κ2) is 7.41. The zero-order chi connectivity index (χ0) is 17.9. The summed E-state index contributed by atoms with van der Waals surface area (Å²) in [5, 5.41) is 3.97. The van der Waals surface area contributed by atoms with Crippen molar-refractivity contribution in [1.29, 1.82) is 0 Å². The molecule has 2 aliphatic heterocycles. The minimum absolute atomic E-state index is 0.101. The molecular formula is C18H23N5O3. The molecule has 1 unspecified atom stereocenters. The number of piperidine rings is 1. The zero-order valence-corrected chi connectivity index (χ0v) is 14.9. The van der Waals surface area contributed by atoms with Crippen LogP contribution in [-0.4, -0.2) is 70.3 Å². The Hall–Kier alpha value is -2.48. The molecule has 2 aromatic rings. The van der Waals surface area contributed by atoms with Crippen LogP contribution in [0.15, 0.2) is 23.1 Å². The fourth-order valence-electron chi connectivity index (χ4n) is 3.67.